The molecule has 1 fully saturated rings. The molecule has 0 unspecified atom stereocenters. The summed E-state index contributed by atoms with van der Waals surface area (Å²) in [6.45, 7) is 8.73. The van der Waals surface area contributed by atoms with Gasteiger partial charge in [-0.15, -0.1) is 0 Å². The molecule has 26 heavy (non-hydrogen) atoms. The maximum atomic E-state index is 12.1. The first-order valence-corrected chi connectivity index (χ1v) is 9.35. The molecule has 1 amide bonds. The predicted molar refractivity (Wildman–Crippen MR) is 106 cm³/mol. The number of hydrogen-bond donors (Lipinski definition) is 1. The van der Waals surface area contributed by atoms with Crippen LogP contribution < -0.4 is 5.43 Å². The van der Waals surface area contributed by atoms with Crippen LogP contribution in [0.1, 0.15) is 41.8 Å². The second kappa shape index (κ2) is 8.32. The Bertz CT molecular complexity index is 800. The summed E-state index contributed by atoms with van der Waals surface area (Å²) in [5, 5.41) is 4.17. The molecule has 1 aromatic heterocycles. The van der Waals surface area contributed by atoms with Crippen molar-refractivity contribution in [2.45, 2.75) is 40.0 Å². The minimum Gasteiger partial charge on any atom is -0.318 e. The lowest BCUT2D eigenvalue weighted by atomic mass is 10.1. The smallest absolute Gasteiger partial charge is 0.254 e. The molecule has 2 aromatic rings. The molecule has 138 valence electrons. The summed E-state index contributed by atoms with van der Waals surface area (Å²) in [5.41, 5.74) is 8.36. The number of benzene rings is 1. The molecule has 2 heterocycles. The van der Waals surface area contributed by atoms with E-state index >= 15 is 0 Å². The molecule has 1 N–H and O–H groups in total. The van der Waals surface area contributed by atoms with Crippen molar-refractivity contribution in [1.82, 2.24) is 14.9 Å². The molecule has 0 aliphatic carbocycles. The molecule has 0 spiro atoms. The summed E-state index contributed by atoms with van der Waals surface area (Å²) in [7, 11) is 0. The van der Waals surface area contributed by atoms with Crippen LogP contribution in [0.15, 0.2) is 35.4 Å². The molecule has 1 saturated heterocycles. The minimum atomic E-state index is -0.0455. The molecular weight excluding hydrogens is 324 g/mol. The van der Waals surface area contributed by atoms with Crippen molar-refractivity contribution in [3.05, 3.63) is 52.8 Å². The molecular formula is C21H28N4O. The van der Waals surface area contributed by atoms with Crippen molar-refractivity contribution in [3.63, 3.8) is 0 Å². The van der Waals surface area contributed by atoms with Crippen LogP contribution in [-0.2, 0) is 4.79 Å². The number of nitrogens with one attached hydrogen (secondary N) is 1. The fourth-order valence-corrected chi connectivity index (χ4v) is 3.63. The van der Waals surface area contributed by atoms with Gasteiger partial charge in [-0.05, 0) is 64.4 Å². The van der Waals surface area contributed by atoms with Gasteiger partial charge < -0.3 is 4.57 Å². The first-order chi connectivity index (χ1) is 12.6. The molecule has 1 aromatic carbocycles. The Morgan fingerprint density at radius 3 is 2.62 bits per heavy atom. The maximum Gasteiger partial charge on any atom is 0.254 e. The quantitative estimate of drug-likeness (QED) is 0.663. The highest BCUT2D eigenvalue weighted by Crippen LogP contribution is 2.22. The lowest BCUT2D eigenvalue weighted by Crippen LogP contribution is -2.38. The Morgan fingerprint density at radius 2 is 1.88 bits per heavy atom. The topological polar surface area (TPSA) is 49.6 Å². The van der Waals surface area contributed by atoms with Crippen LogP contribution in [0.3, 0.4) is 0 Å². The zero-order chi connectivity index (χ0) is 18.5. The van der Waals surface area contributed by atoms with Gasteiger partial charge in [-0.3, -0.25) is 9.69 Å². The number of hydrogen-bond acceptors (Lipinski definition) is 3. The molecule has 0 atom stereocenters. The van der Waals surface area contributed by atoms with E-state index in [0.29, 0.717) is 6.54 Å². The number of piperidine rings is 1. The summed E-state index contributed by atoms with van der Waals surface area (Å²) in [6.07, 6.45) is 5.38. The van der Waals surface area contributed by atoms with E-state index in [1.807, 2.05) is 6.07 Å². The normalized spacial score (nSPS) is 15.5. The summed E-state index contributed by atoms with van der Waals surface area (Å²) in [5.74, 6) is -0.0455. The SMILES string of the molecule is Cc1ccccc1-n1c(C)cc(/C=N\NC(=O)CN2CCCCC2)c1C. The van der Waals surface area contributed by atoms with Gasteiger partial charge in [0.05, 0.1) is 12.8 Å². The fraction of sp³-hybridized carbons (Fsp3) is 0.429. The van der Waals surface area contributed by atoms with Crippen molar-refractivity contribution < 1.29 is 4.79 Å². The third-order valence-electron chi connectivity index (χ3n) is 5.04. The van der Waals surface area contributed by atoms with E-state index in [1.54, 1.807) is 6.21 Å². The van der Waals surface area contributed by atoms with Crippen LogP contribution >= 0.6 is 0 Å². The van der Waals surface area contributed by atoms with E-state index in [4.69, 9.17) is 0 Å². The van der Waals surface area contributed by atoms with Gasteiger partial charge in [-0.2, -0.15) is 5.10 Å². The third-order valence-corrected chi connectivity index (χ3v) is 5.04. The summed E-state index contributed by atoms with van der Waals surface area (Å²) in [6, 6.07) is 10.4. The summed E-state index contributed by atoms with van der Waals surface area (Å²) < 4.78 is 2.23. The number of carbonyl (C=O) groups excluding carboxylic acids is 1. The zero-order valence-electron chi connectivity index (χ0n) is 16.0. The molecule has 1 aliphatic rings. The number of amides is 1. The second-order valence-electron chi connectivity index (χ2n) is 7.08. The number of rotatable bonds is 5. The lowest BCUT2D eigenvalue weighted by Gasteiger charge is -2.25. The number of nitrogens with zero attached hydrogens (tertiary/aromatic N) is 3. The van der Waals surface area contributed by atoms with Gasteiger partial charge in [-0.25, -0.2) is 5.43 Å². The van der Waals surface area contributed by atoms with Crippen LogP contribution in [0, 0.1) is 20.8 Å². The van der Waals surface area contributed by atoms with E-state index < -0.39 is 0 Å². The molecule has 3 rings (SSSR count). The van der Waals surface area contributed by atoms with E-state index in [-0.39, 0.29) is 5.91 Å². The maximum absolute atomic E-state index is 12.1. The fourth-order valence-electron chi connectivity index (χ4n) is 3.63. The van der Waals surface area contributed by atoms with Crippen molar-refractivity contribution >= 4 is 12.1 Å². The molecule has 5 heteroatoms. The predicted octanol–water partition coefficient (Wildman–Crippen LogP) is 3.34. The number of carbonyl (C=O) groups is 1. The highest BCUT2D eigenvalue weighted by Gasteiger charge is 2.14. The van der Waals surface area contributed by atoms with Gasteiger partial charge in [0.2, 0.25) is 0 Å². The van der Waals surface area contributed by atoms with E-state index in [0.717, 1.165) is 30.0 Å². The molecule has 0 bridgehead atoms. The Hall–Kier alpha value is -2.40. The van der Waals surface area contributed by atoms with Gasteiger partial charge >= 0.3 is 0 Å². The highest BCUT2D eigenvalue weighted by atomic mass is 16.2. The number of para-hydroxylation sites is 1. The first kappa shape index (κ1) is 18.4. The summed E-state index contributed by atoms with van der Waals surface area (Å²) >= 11 is 0. The number of likely N-dealkylation sites (tertiary alicyclic amines) is 1. The number of aromatic nitrogens is 1. The van der Waals surface area contributed by atoms with Crippen molar-refractivity contribution in [3.8, 4) is 5.69 Å². The van der Waals surface area contributed by atoms with Crippen LogP contribution in [0.25, 0.3) is 5.69 Å². The standard InChI is InChI=1S/C21H28N4O/c1-16-9-5-6-10-20(16)25-17(2)13-19(18(25)3)14-22-23-21(26)15-24-11-7-4-8-12-24/h5-6,9-10,13-14H,4,7-8,11-12,15H2,1-3H3,(H,23,26)/b22-14-. The average molecular weight is 352 g/mol. The third kappa shape index (κ3) is 4.22. The first-order valence-electron chi connectivity index (χ1n) is 9.35. The monoisotopic (exact) mass is 352 g/mol. The van der Waals surface area contributed by atoms with E-state index in [9.17, 15) is 4.79 Å². The second-order valence-corrected chi connectivity index (χ2v) is 7.08. The van der Waals surface area contributed by atoms with E-state index in [2.05, 4.69) is 65.0 Å². The van der Waals surface area contributed by atoms with Crippen molar-refractivity contribution in [2.24, 2.45) is 5.10 Å². The molecule has 1 aliphatic heterocycles. The van der Waals surface area contributed by atoms with Gasteiger partial charge in [0.25, 0.3) is 5.91 Å². The molecule has 5 nitrogen and oxygen atoms in total. The van der Waals surface area contributed by atoms with Crippen LogP contribution in [0.2, 0.25) is 0 Å². The Morgan fingerprint density at radius 1 is 1.15 bits per heavy atom. The number of hydrazone groups is 1. The molecule has 0 saturated carbocycles. The van der Waals surface area contributed by atoms with Gasteiger partial charge in [0.15, 0.2) is 0 Å². The van der Waals surface area contributed by atoms with Crippen molar-refractivity contribution in [1.29, 1.82) is 0 Å². The Balaban J connectivity index is 1.67. The largest absolute Gasteiger partial charge is 0.318 e. The lowest BCUT2D eigenvalue weighted by molar-refractivity contribution is -0.122. The Labute approximate surface area is 155 Å². The van der Waals surface area contributed by atoms with Gasteiger partial charge in [0, 0.05) is 22.6 Å². The minimum absolute atomic E-state index is 0.0455. The van der Waals surface area contributed by atoms with Crippen LogP contribution in [0.4, 0.5) is 0 Å². The van der Waals surface area contributed by atoms with Crippen LogP contribution in [-0.4, -0.2) is 41.2 Å². The van der Waals surface area contributed by atoms with Gasteiger partial charge in [-0.1, -0.05) is 24.6 Å². The highest BCUT2D eigenvalue weighted by molar-refractivity contribution is 5.84. The Kier molecular flexibility index (Phi) is 5.89. The molecule has 0 radical (unpaired) electrons. The van der Waals surface area contributed by atoms with Crippen LogP contribution in [0.5, 0.6) is 0 Å². The van der Waals surface area contributed by atoms with Gasteiger partial charge in [0.1, 0.15) is 0 Å². The van der Waals surface area contributed by atoms with E-state index in [1.165, 1.54) is 30.5 Å². The number of aryl methyl sites for hydroxylation is 2. The zero-order valence-corrected chi connectivity index (χ0v) is 16.0. The summed E-state index contributed by atoms with van der Waals surface area (Å²) in [4.78, 5) is 14.2. The van der Waals surface area contributed by atoms with Crippen molar-refractivity contribution in [2.75, 3.05) is 19.6 Å². The average Bonchev–Trinajstić information content (AvgIpc) is 2.90.